The van der Waals surface area contributed by atoms with Gasteiger partial charge in [0.2, 0.25) is 0 Å². The number of hydrogen-bond donors (Lipinski definition) is 0. The van der Waals surface area contributed by atoms with Gasteiger partial charge in [0.05, 0.1) is 0 Å². The van der Waals surface area contributed by atoms with E-state index in [0.29, 0.717) is 0 Å². The maximum absolute atomic E-state index is 5.74. The van der Waals surface area contributed by atoms with Crippen molar-refractivity contribution in [3.63, 3.8) is 0 Å². The first-order chi connectivity index (χ1) is 7.24. The third-order valence-corrected chi connectivity index (χ3v) is 2.05. The van der Waals surface area contributed by atoms with Crippen molar-refractivity contribution in [1.82, 2.24) is 0 Å². The molecule has 0 aromatic heterocycles. The van der Waals surface area contributed by atoms with Gasteiger partial charge >= 0.3 is 0 Å². The molecular formula is C14H18O. The molecule has 0 saturated heterocycles. The molecule has 0 amide bonds. The van der Waals surface area contributed by atoms with Crippen molar-refractivity contribution in [3.05, 3.63) is 60.1 Å². The molecule has 0 fully saturated rings. The van der Waals surface area contributed by atoms with Gasteiger partial charge in [-0.1, -0.05) is 24.8 Å². The molecule has 1 nitrogen and oxygen atoms in total. The molecule has 0 aromatic carbocycles. The summed E-state index contributed by atoms with van der Waals surface area (Å²) >= 11 is 0. The van der Waals surface area contributed by atoms with Gasteiger partial charge in [-0.05, 0) is 50.5 Å². The average molecular weight is 202 g/mol. The predicted octanol–water partition coefficient (Wildman–Crippen LogP) is 4.27. The van der Waals surface area contributed by atoms with E-state index >= 15 is 0 Å². The molecule has 0 spiro atoms. The predicted molar refractivity (Wildman–Crippen MR) is 65.3 cm³/mol. The Bertz CT molecular complexity index is 340. The van der Waals surface area contributed by atoms with E-state index in [1.807, 2.05) is 38.2 Å². The summed E-state index contributed by atoms with van der Waals surface area (Å²) in [5, 5.41) is 0. The van der Waals surface area contributed by atoms with Gasteiger partial charge in [-0.25, -0.2) is 0 Å². The van der Waals surface area contributed by atoms with Crippen molar-refractivity contribution in [1.29, 1.82) is 0 Å². The molecule has 0 radical (unpaired) electrons. The van der Waals surface area contributed by atoms with Crippen molar-refractivity contribution >= 4 is 0 Å². The molecule has 80 valence electrons. The zero-order valence-electron chi connectivity index (χ0n) is 9.49. The summed E-state index contributed by atoms with van der Waals surface area (Å²) in [5.74, 6) is 1.74. The second-order valence-corrected chi connectivity index (χ2v) is 3.53. The van der Waals surface area contributed by atoms with E-state index in [0.717, 1.165) is 29.9 Å². The van der Waals surface area contributed by atoms with E-state index in [4.69, 9.17) is 4.74 Å². The fourth-order valence-corrected chi connectivity index (χ4v) is 1.24. The highest BCUT2D eigenvalue weighted by Gasteiger charge is 2.03. The minimum Gasteiger partial charge on any atom is -0.457 e. The Balaban J connectivity index is 2.70. The Morgan fingerprint density at radius 1 is 1.47 bits per heavy atom. The van der Waals surface area contributed by atoms with Gasteiger partial charge in [0.15, 0.2) is 0 Å². The Hall–Kier alpha value is -1.50. The van der Waals surface area contributed by atoms with Crippen LogP contribution in [0, 0.1) is 0 Å². The minimum atomic E-state index is 0.825. The fraction of sp³-hybridized carbons (Fsp3) is 0.286. The highest BCUT2D eigenvalue weighted by molar-refractivity contribution is 5.28. The lowest BCUT2D eigenvalue weighted by atomic mass is 10.2. The van der Waals surface area contributed by atoms with Crippen LogP contribution in [0.4, 0.5) is 0 Å². The lowest BCUT2D eigenvalue weighted by Gasteiger charge is -2.12. The van der Waals surface area contributed by atoms with Gasteiger partial charge < -0.3 is 4.74 Å². The molecule has 1 heteroatoms. The second-order valence-electron chi connectivity index (χ2n) is 3.53. The van der Waals surface area contributed by atoms with E-state index in [1.54, 1.807) is 0 Å². The molecule has 0 bridgehead atoms. The van der Waals surface area contributed by atoms with Crippen LogP contribution in [-0.2, 0) is 4.74 Å². The van der Waals surface area contributed by atoms with E-state index < -0.39 is 0 Å². The number of allylic oxidation sites excluding steroid dienone is 7. The molecule has 0 aliphatic heterocycles. The molecule has 0 heterocycles. The zero-order chi connectivity index (χ0) is 11.1. The normalized spacial score (nSPS) is 16.7. The van der Waals surface area contributed by atoms with Crippen LogP contribution in [0.2, 0.25) is 0 Å². The van der Waals surface area contributed by atoms with Gasteiger partial charge in [-0.15, -0.1) is 0 Å². The third kappa shape index (κ3) is 4.03. The SMILES string of the molecule is C=C(C)/C(=C\C=C/C)OC1=CCCC=C1. The molecule has 15 heavy (non-hydrogen) atoms. The minimum absolute atomic E-state index is 0.825. The van der Waals surface area contributed by atoms with Crippen LogP contribution in [0.15, 0.2) is 60.1 Å². The van der Waals surface area contributed by atoms with E-state index in [-0.39, 0.29) is 0 Å². The van der Waals surface area contributed by atoms with Crippen molar-refractivity contribution in [2.45, 2.75) is 26.7 Å². The number of rotatable bonds is 4. The Labute approximate surface area is 92.1 Å². The molecule has 1 aliphatic rings. The molecule has 0 atom stereocenters. The fourth-order valence-electron chi connectivity index (χ4n) is 1.24. The maximum atomic E-state index is 5.74. The molecular weight excluding hydrogens is 184 g/mol. The van der Waals surface area contributed by atoms with Crippen LogP contribution in [0.1, 0.15) is 26.7 Å². The lowest BCUT2D eigenvalue weighted by molar-refractivity contribution is 0.326. The standard InChI is InChI=1S/C14H18O/c1-4-5-11-14(12(2)3)15-13-9-7-6-8-10-13/h4-5,7,9-11H,2,6,8H2,1,3H3/b5-4-,14-11+. The zero-order valence-corrected chi connectivity index (χ0v) is 9.49. The van der Waals surface area contributed by atoms with Crippen LogP contribution >= 0.6 is 0 Å². The summed E-state index contributed by atoms with van der Waals surface area (Å²) in [4.78, 5) is 0. The molecule has 0 saturated carbocycles. The molecule has 0 unspecified atom stereocenters. The summed E-state index contributed by atoms with van der Waals surface area (Å²) in [6.07, 6.45) is 14.3. The molecule has 1 rings (SSSR count). The molecule has 0 aromatic rings. The van der Waals surface area contributed by atoms with Crippen LogP contribution < -0.4 is 0 Å². The lowest BCUT2D eigenvalue weighted by Crippen LogP contribution is -1.94. The van der Waals surface area contributed by atoms with E-state index in [1.165, 1.54) is 0 Å². The Morgan fingerprint density at radius 2 is 2.27 bits per heavy atom. The van der Waals surface area contributed by atoms with Gasteiger partial charge in [0.25, 0.3) is 0 Å². The molecule has 0 N–H and O–H groups in total. The highest BCUT2D eigenvalue weighted by atomic mass is 16.5. The number of ether oxygens (including phenoxy) is 1. The first-order valence-electron chi connectivity index (χ1n) is 5.27. The monoisotopic (exact) mass is 202 g/mol. The quantitative estimate of drug-likeness (QED) is 0.488. The van der Waals surface area contributed by atoms with E-state index in [2.05, 4.69) is 18.7 Å². The number of hydrogen-bond acceptors (Lipinski definition) is 1. The van der Waals surface area contributed by atoms with E-state index in [9.17, 15) is 0 Å². The van der Waals surface area contributed by atoms with Crippen molar-refractivity contribution in [3.8, 4) is 0 Å². The van der Waals surface area contributed by atoms with Gasteiger partial charge in [-0.2, -0.15) is 0 Å². The van der Waals surface area contributed by atoms with Gasteiger partial charge in [0, 0.05) is 0 Å². The Kier molecular flexibility index (Phi) is 4.69. The van der Waals surface area contributed by atoms with Crippen molar-refractivity contribution in [2.24, 2.45) is 0 Å². The maximum Gasteiger partial charge on any atom is 0.129 e. The first-order valence-corrected chi connectivity index (χ1v) is 5.27. The summed E-state index contributed by atoms with van der Waals surface area (Å²) in [5.41, 5.74) is 0.938. The summed E-state index contributed by atoms with van der Waals surface area (Å²) in [6, 6.07) is 0. The smallest absolute Gasteiger partial charge is 0.129 e. The van der Waals surface area contributed by atoms with Crippen LogP contribution in [0.3, 0.4) is 0 Å². The van der Waals surface area contributed by atoms with Crippen LogP contribution in [-0.4, -0.2) is 0 Å². The van der Waals surface area contributed by atoms with Gasteiger partial charge in [0.1, 0.15) is 11.5 Å². The van der Waals surface area contributed by atoms with Crippen molar-refractivity contribution < 1.29 is 4.74 Å². The highest BCUT2D eigenvalue weighted by Crippen LogP contribution is 2.18. The third-order valence-electron chi connectivity index (χ3n) is 2.05. The van der Waals surface area contributed by atoms with Crippen LogP contribution in [0.25, 0.3) is 0 Å². The van der Waals surface area contributed by atoms with Gasteiger partial charge in [-0.3, -0.25) is 0 Å². The van der Waals surface area contributed by atoms with Crippen molar-refractivity contribution in [2.75, 3.05) is 0 Å². The summed E-state index contributed by atoms with van der Waals surface area (Å²) < 4.78 is 5.74. The largest absolute Gasteiger partial charge is 0.457 e. The average Bonchev–Trinajstić information content (AvgIpc) is 2.25. The second kappa shape index (κ2) is 6.07. The molecule has 1 aliphatic carbocycles. The summed E-state index contributed by atoms with van der Waals surface area (Å²) in [6.45, 7) is 7.82. The first kappa shape index (κ1) is 11.6. The Morgan fingerprint density at radius 3 is 2.80 bits per heavy atom. The summed E-state index contributed by atoms with van der Waals surface area (Å²) in [7, 11) is 0. The van der Waals surface area contributed by atoms with Crippen LogP contribution in [0.5, 0.6) is 0 Å². The topological polar surface area (TPSA) is 9.23 Å².